The molecule has 4 heteroatoms. The van der Waals surface area contributed by atoms with Crippen LogP contribution in [0.5, 0.6) is 0 Å². The van der Waals surface area contributed by atoms with E-state index in [-0.39, 0.29) is 11.1 Å². The summed E-state index contributed by atoms with van der Waals surface area (Å²) in [5.41, 5.74) is 3.46. The third-order valence-corrected chi connectivity index (χ3v) is 11.3. The smallest absolute Gasteiger partial charge is 0.261 e. The minimum Gasteiger partial charge on any atom is -0.403 e. The normalized spacial score (nSPS) is 14.3. The van der Waals surface area contributed by atoms with Crippen LogP contribution in [0.4, 0.5) is 0 Å². The second-order valence-electron chi connectivity index (χ2n) is 10.2. The van der Waals surface area contributed by atoms with Crippen LogP contribution in [0.3, 0.4) is 0 Å². The van der Waals surface area contributed by atoms with Gasteiger partial charge in [0.05, 0.1) is 12.2 Å². The molecular weight excluding hydrogens is 412 g/mol. The molecule has 0 bridgehead atoms. The second kappa shape index (κ2) is 10.6. The van der Waals surface area contributed by atoms with Crippen molar-refractivity contribution < 1.29 is 9.53 Å². The van der Waals surface area contributed by atoms with E-state index in [1.807, 2.05) is 0 Å². The van der Waals surface area contributed by atoms with E-state index in [2.05, 4.69) is 119 Å². The fourth-order valence-electron chi connectivity index (χ4n) is 3.91. The molecule has 0 saturated heterocycles. The molecule has 2 rings (SSSR count). The lowest BCUT2D eigenvalue weighted by atomic mass is 10.1. The summed E-state index contributed by atoms with van der Waals surface area (Å²) in [6.45, 7) is 17.3. The van der Waals surface area contributed by atoms with Gasteiger partial charge in [-0.15, -0.1) is 18.0 Å². The van der Waals surface area contributed by atoms with Gasteiger partial charge in [0.1, 0.15) is 8.07 Å². The Kier molecular flexibility index (Phi) is 8.68. The van der Waals surface area contributed by atoms with Crippen LogP contribution in [0.1, 0.15) is 33.6 Å². The van der Waals surface area contributed by atoms with Gasteiger partial charge >= 0.3 is 0 Å². The predicted molar refractivity (Wildman–Crippen MR) is 139 cm³/mol. The van der Waals surface area contributed by atoms with Crippen molar-refractivity contribution in [2.75, 3.05) is 0 Å². The van der Waals surface area contributed by atoms with E-state index >= 15 is 0 Å². The van der Waals surface area contributed by atoms with E-state index in [9.17, 15) is 5.11 Å². The average Bonchev–Trinajstić information content (AvgIpc) is 2.71. The zero-order valence-electron chi connectivity index (χ0n) is 20.0. The largest absolute Gasteiger partial charge is 0.403 e. The van der Waals surface area contributed by atoms with E-state index in [1.54, 1.807) is 6.08 Å². The Morgan fingerprint density at radius 2 is 1.45 bits per heavy atom. The fourth-order valence-corrected chi connectivity index (χ4v) is 9.24. The Morgan fingerprint density at radius 3 is 1.84 bits per heavy atom. The number of rotatable bonds is 8. The molecule has 2 aromatic rings. The van der Waals surface area contributed by atoms with Crippen LogP contribution in [0.2, 0.25) is 24.7 Å². The highest BCUT2D eigenvalue weighted by molar-refractivity contribution is 6.99. The maximum absolute atomic E-state index is 10.4. The SMILES string of the molecule is C=C[C@H](O)C[C@@H](CC#C[Si](C)(C)C)O[Si](c1ccccc1)(c1ccccc1)C(C)(C)C. The molecule has 0 aromatic heterocycles. The van der Waals surface area contributed by atoms with E-state index < -0.39 is 22.5 Å². The van der Waals surface area contributed by atoms with Crippen molar-refractivity contribution >= 4 is 26.8 Å². The zero-order valence-corrected chi connectivity index (χ0v) is 22.0. The number of aliphatic hydroxyl groups excluding tert-OH is 1. The molecule has 0 amide bonds. The van der Waals surface area contributed by atoms with Crippen LogP contribution in [0.25, 0.3) is 0 Å². The topological polar surface area (TPSA) is 29.5 Å². The van der Waals surface area contributed by atoms with Gasteiger partial charge in [-0.25, -0.2) is 0 Å². The lowest BCUT2D eigenvalue weighted by Gasteiger charge is -2.45. The minimum absolute atomic E-state index is 0.112. The molecular formula is C27H38O2Si2. The van der Waals surface area contributed by atoms with Crippen molar-refractivity contribution in [3.63, 3.8) is 0 Å². The number of aliphatic hydroxyl groups is 1. The highest BCUT2D eigenvalue weighted by Crippen LogP contribution is 2.38. The second-order valence-corrected chi connectivity index (χ2v) is 19.2. The first-order valence-corrected chi connectivity index (χ1v) is 16.5. The number of hydrogen-bond donors (Lipinski definition) is 1. The van der Waals surface area contributed by atoms with E-state index in [1.165, 1.54) is 10.4 Å². The summed E-state index contributed by atoms with van der Waals surface area (Å²) >= 11 is 0. The van der Waals surface area contributed by atoms with E-state index in [0.717, 1.165) is 0 Å². The van der Waals surface area contributed by atoms with Gasteiger partial charge in [-0.1, -0.05) is 107 Å². The Balaban J connectivity index is 2.62. The average molecular weight is 451 g/mol. The van der Waals surface area contributed by atoms with Crippen LogP contribution < -0.4 is 10.4 Å². The highest BCUT2D eigenvalue weighted by atomic mass is 28.4. The number of hydrogen-bond acceptors (Lipinski definition) is 2. The van der Waals surface area contributed by atoms with Gasteiger partial charge in [0.25, 0.3) is 8.32 Å². The highest BCUT2D eigenvalue weighted by Gasteiger charge is 2.51. The van der Waals surface area contributed by atoms with Gasteiger partial charge in [-0.2, -0.15) is 0 Å². The third-order valence-electron chi connectivity index (χ3n) is 5.33. The van der Waals surface area contributed by atoms with Crippen molar-refractivity contribution in [2.45, 2.75) is 70.5 Å². The summed E-state index contributed by atoms with van der Waals surface area (Å²) in [5.74, 6) is 3.40. The van der Waals surface area contributed by atoms with Crippen LogP contribution >= 0.6 is 0 Å². The van der Waals surface area contributed by atoms with Crippen molar-refractivity contribution in [1.29, 1.82) is 0 Å². The molecule has 2 nitrogen and oxygen atoms in total. The first kappa shape index (κ1) is 25.4. The minimum atomic E-state index is -2.69. The molecule has 0 fully saturated rings. The fraction of sp³-hybridized carbons (Fsp3) is 0.407. The first-order chi connectivity index (χ1) is 14.5. The van der Waals surface area contributed by atoms with Crippen LogP contribution in [0, 0.1) is 11.5 Å². The van der Waals surface area contributed by atoms with Crippen molar-refractivity contribution in [3.8, 4) is 11.5 Å². The standard InChI is InChI=1S/C27H38O2Si2/c1-8-23(28)22-24(16-15-21-30(5,6)7)29-31(27(2,3)4,25-17-11-9-12-18-25)26-19-13-10-14-20-26/h8-14,17-20,23-24,28H,1,16,22H2,2-7H3/t23-,24+/m0/s1. The molecule has 2 aromatic carbocycles. The summed E-state index contributed by atoms with van der Waals surface area (Å²) in [4.78, 5) is 0. The van der Waals surface area contributed by atoms with Gasteiger partial charge < -0.3 is 9.53 Å². The molecule has 2 atom stereocenters. The predicted octanol–water partition coefficient (Wildman–Crippen LogP) is 5.14. The maximum Gasteiger partial charge on any atom is 0.261 e. The molecule has 166 valence electrons. The Bertz CT molecular complexity index is 845. The van der Waals surface area contributed by atoms with Crippen molar-refractivity contribution in [2.24, 2.45) is 0 Å². The summed E-state index contributed by atoms with van der Waals surface area (Å²) in [7, 11) is -4.17. The van der Waals surface area contributed by atoms with Gasteiger partial charge in [0.2, 0.25) is 0 Å². The maximum atomic E-state index is 10.4. The lowest BCUT2D eigenvalue weighted by Crippen LogP contribution is -2.67. The van der Waals surface area contributed by atoms with Crippen LogP contribution in [-0.2, 0) is 4.43 Å². The lowest BCUT2D eigenvalue weighted by molar-refractivity contribution is 0.117. The summed E-state index contributed by atoms with van der Waals surface area (Å²) in [6.07, 6.45) is 1.90. The third kappa shape index (κ3) is 6.79. The van der Waals surface area contributed by atoms with Gasteiger partial charge in [-0.05, 0) is 15.4 Å². The summed E-state index contributed by atoms with van der Waals surface area (Å²) in [6, 6.07) is 21.2. The first-order valence-electron chi connectivity index (χ1n) is 11.1. The van der Waals surface area contributed by atoms with Crippen LogP contribution in [-0.4, -0.2) is 33.7 Å². The Morgan fingerprint density at radius 1 is 0.968 bits per heavy atom. The Labute approximate surface area is 191 Å². The number of benzene rings is 2. The zero-order chi connectivity index (χ0) is 23.1. The van der Waals surface area contributed by atoms with Gasteiger partial charge in [0.15, 0.2) is 0 Å². The summed E-state index contributed by atoms with van der Waals surface area (Å²) < 4.78 is 7.21. The molecule has 31 heavy (non-hydrogen) atoms. The van der Waals surface area contributed by atoms with Gasteiger partial charge in [-0.3, -0.25) is 0 Å². The van der Waals surface area contributed by atoms with E-state index in [0.29, 0.717) is 12.8 Å². The molecule has 0 heterocycles. The molecule has 0 spiro atoms. The molecule has 0 aliphatic heterocycles. The molecule has 0 aliphatic rings. The van der Waals surface area contributed by atoms with E-state index in [4.69, 9.17) is 4.43 Å². The molecule has 0 aliphatic carbocycles. The van der Waals surface area contributed by atoms with Crippen LogP contribution in [0.15, 0.2) is 73.3 Å². The summed E-state index contributed by atoms with van der Waals surface area (Å²) in [5, 5.41) is 12.8. The molecule has 0 unspecified atom stereocenters. The molecule has 0 saturated carbocycles. The monoisotopic (exact) mass is 450 g/mol. The Hall–Kier alpha value is -1.91. The quantitative estimate of drug-likeness (QED) is 0.343. The van der Waals surface area contributed by atoms with Crippen molar-refractivity contribution in [3.05, 3.63) is 73.3 Å². The molecule has 1 N–H and O–H groups in total. The van der Waals surface area contributed by atoms with Gasteiger partial charge in [0, 0.05) is 12.8 Å². The molecule has 0 radical (unpaired) electrons. The van der Waals surface area contributed by atoms with Crippen molar-refractivity contribution in [1.82, 2.24) is 0 Å².